The smallest absolute Gasteiger partial charge is 0.418 e. The number of carbonyl (C=O) groups excluding carboxylic acids is 1. The van der Waals surface area contributed by atoms with Crippen molar-refractivity contribution in [2.45, 2.75) is 32.5 Å². The quantitative estimate of drug-likeness (QED) is 0.783. The lowest BCUT2D eigenvalue weighted by atomic mass is 10.0. The molecule has 2 aromatic rings. The molecule has 162 valence electrons. The summed E-state index contributed by atoms with van der Waals surface area (Å²) in [5.74, 6) is -1.29. The van der Waals surface area contributed by atoms with E-state index >= 15 is 0 Å². The van der Waals surface area contributed by atoms with E-state index in [0.29, 0.717) is 0 Å². The van der Waals surface area contributed by atoms with Crippen LogP contribution in [0.25, 0.3) is 10.9 Å². The van der Waals surface area contributed by atoms with E-state index in [2.05, 4.69) is 4.98 Å². The summed E-state index contributed by atoms with van der Waals surface area (Å²) in [6, 6.07) is 3.58. The number of anilines is 1. The number of fused-ring (bicyclic) bond motifs is 1. The number of amides is 1. The van der Waals surface area contributed by atoms with Gasteiger partial charge in [0.05, 0.1) is 16.8 Å². The second-order valence-corrected chi connectivity index (χ2v) is 7.98. The Morgan fingerprint density at radius 2 is 1.73 bits per heavy atom. The second kappa shape index (κ2) is 7.66. The summed E-state index contributed by atoms with van der Waals surface area (Å²) in [6.45, 7) is 6.24. The first-order chi connectivity index (χ1) is 13.9. The SMILES string of the molecule is CC(C)(C)OC(=O)N1CCN(c2c(C(=O)O)cnc3c(C(F)(F)F)cccc23)CC1. The number of carboxylic acid groups (broad SMARTS) is 1. The second-order valence-electron chi connectivity index (χ2n) is 7.98. The van der Waals surface area contributed by atoms with Crippen LogP contribution in [0.3, 0.4) is 0 Å². The molecule has 1 aromatic heterocycles. The first-order valence-corrected chi connectivity index (χ1v) is 9.33. The summed E-state index contributed by atoms with van der Waals surface area (Å²) in [7, 11) is 0. The van der Waals surface area contributed by atoms with E-state index in [-0.39, 0.29) is 48.3 Å². The van der Waals surface area contributed by atoms with Crippen molar-refractivity contribution >= 4 is 28.7 Å². The molecule has 1 aromatic carbocycles. The minimum Gasteiger partial charge on any atom is -0.478 e. The molecule has 1 aliphatic rings. The Balaban J connectivity index is 1.97. The fourth-order valence-electron chi connectivity index (χ4n) is 3.37. The highest BCUT2D eigenvalue weighted by Crippen LogP contribution is 2.38. The number of ether oxygens (including phenoxy) is 1. The number of nitrogens with zero attached hydrogens (tertiary/aromatic N) is 3. The maximum Gasteiger partial charge on any atom is 0.418 e. The summed E-state index contributed by atoms with van der Waals surface area (Å²) in [5, 5.41) is 9.69. The number of carboxylic acids is 1. The van der Waals surface area contributed by atoms with Crippen molar-refractivity contribution in [3.8, 4) is 0 Å². The lowest BCUT2D eigenvalue weighted by molar-refractivity contribution is -0.136. The number of aromatic carboxylic acids is 1. The van der Waals surface area contributed by atoms with Crippen LogP contribution in [-0.2, 0) is 10.9 Å². The van der Waals surface area contributed by atoms with Gasteiger partial charge < -0.3 is 19.6 Å². The highest BCUT2D eigenvalue weighted by Gasteiger charge is 2.35. The van der Waals surface area contributed by atoms with E-state index in [1.165, 1.54) is 17.0 Å². The molecule has 30 heavy (non-hydrogen) atoms. The highest BCUT2D eigenvalue weighted by atomic mass is 19.4. The van der Waals surface area contributed by atoms with Crippen molar-refractivity contribution in [3.63, 3.8) is 0 Å². The van der Waals surface area contributed by atoms with Gasteiger partial charge in [-0.25, -0.2) is 9.59 Å². The number of para-hydroxylation sites is 1. The van der Waals surface area contributed by atoms with Crippen molar-refractivity contribution in [2.75, 3.05) is 31.1 Å². The van der Waals surface area contributed by atoms with Crippen molar-refractivity contribution in [1.82, 2.24) is 9.88 Å². The zero-order valence-corrected chi connectivity index (χ0v) is 16.8. The maximum atomic E-state index is 13.4. The number of piperazine rings is 1. The van der Waals surface area contributed by atoms with Gasteiger partial charge in [-0.1, -0.05) is 12.1 Å². The van der Waals surface area contributed by atoms with Crippen LogP contribution in [0, 0.1) is 0 Å². The zero-order valence-electron chi connectivity index (χ0n) is 16.8. The van der Waals surface area contributed by atoms with Crippen molar-refractivity contribution in [1.29, 1.82) is 0 Å². The summed E-state index contributed by atoms with van der Waals surface area (Å²) in [5.41, 5.74) is -1.90. The van der Waals surface area contributed by atoms with Crippen LogP contribution < -0.4 is 4.90 Å². The van der Waals surface area contributed by atoms with Gasteiger partial charge in [0.25, 0.3) is 0 Å². The van der Waals surface area contributed by atoms with Crippen LogP contribution >= 0.6 is 0 Å². The van der Waals surface area contributed by atoms with Crippen LogP contribution in [-0.4, -0.2) is 58.8 Å². The van der Waals surface area contributed by atoms with Crippen molar-refractivity contribution in [3.05, 3.63) is 35.5 Å². The lowest BCUT2D eigenvalue weighted by Crippen LogP contribution is -2.50. The van der Waals surface area contributed by atoms with Crippen molar-refractivity contribution < 1.29 is 32.6 Å². The number of rotatable bonds is 2. The monoisotopic (exact) mass is 425 g/mol. The van der Waals surface area contributed by atoms with E-state index in [1.54, 1.807) is 25.7 Å². The molecule has 0 saturated carbocycles. The van der Waals surface area contributed by atoms with Crippen LogP contribution in [0.2, 0.25) is 0 Å². The van der Waals surface area contributed by atoms with Gasteiger partial charge >= 0.3 is 18.2 Å². The Morgan fingerprint density at radius 3 is 2.27 bits per heavy atom. The molecule has 1 fully saturated rings. The molecule has 1 amide bonds. The summed E-state index contributed by atoms with van der Waals surface area (Å²) in [6.07, 6.45) is -4.15. The molecule has 1 aliphatic heterocycles. The molecule has 0 aliphatic carbocycles. The number of benzene rings is 1. The van der Waals surface area contributed by atoms with Gasteiger partial charge in [-0.15, -0.1) is 0 Å². The predicted octanol–water partition coefficient (Wildman–Crippen LogP) is 4.01. The molecule has 0 spiro atoms. The van der Waals surface area contributed by atoms with Gasteiger partial charge in [0.2, 0.25) is 0 Å². The van der Waals surface area contributed by atoms with Gasteiger partial charge in [-0.3, -0.25) is 4.98 Å². The number of pyridine rings is 1. The number of alkyl halides is 3. The van der Waals surface area contributed by atoms with E-state index in [0.717, 1.165) is 12.3 Å². The Labute approximate surface area is 171 Å². The van der Waals surface area contributed by atoms with E-state index in [4.69, 9.17) is 4.74 Å². The van der Waals surface area contributed by atoms with Crippen LogP contribution in [0.15, 0.2) is 24.4 Å². The number of aromatic nitrogens is 1. The summed E-state index contributed by atoms with van der Waals surface area (Å²) < 4.78 is 45.5. The average molecular weight is 425 g/mol. The third-order valence-electron chi connectivity index (χ3n) is 4.65. The molecule has 3 rings (SSSR count). The summed E-state index contributed by atoms with van der Waals surface area (Å²) in [4.78, 5) is 31.0. The van der Waals surface area contributed by atoms with Gasteiger partial charge in [-0.2, -0.15) is 13.2 Å². The molecule has 7 nitrogen and oxygen atoms in total. The number of hydrogen-bond donors (Lipinski definition) is 1. The third kappa shape index (κ3) is 4.42. The molecule has 1 N–H and O–H groups in total. The minimum atomic E-state index is -4.62. The molecule has 0 atom stereocenters. The van der Waals surface area contributed by atoms with Gasteiger partial charge in [0.15, 0.2) is 0 Å². The molecule has 0 bridgehead atoms. The van der Waals surface area contributed by atoms with Crippen molar-refractivity contribution in [2.24, 2.45) is 0 Å². The largest absolute Gasteiger partial charge is 0.478 e. The van der Waals surface area contributed by atoms with Gasteiger partial charge in [0, 0.05) is 37.8 Å². The first kappa shape index (κ1) is 21.7. The minimum absolute atomic E-state index is 0.107. The highest BCUT2D eigenvalue weighted by molar-refractivity contribution is 6.05. The fourth-order valence-corrected chi connectivity index (χ4v) is 3.37. The Hall–Kier alpha value is -3.04. The van der Waals surface area contributed by atoms with E-state index < -0.39 is 29.4 Å². The molecule has 2 heterocycles. The Bertz CT molecular complexity index is 978. The predicted molar refractivity (Wildman–Crippen MR) is 104 cm³/mol. The summed E-state index contributed by atoms with van der Waals surface area (Å²) >= 11 is 0. The Kier molecular flexibility index (Phi) is 5.53. The topological polar surface area (TPSA) is 83.0 Å². The molecule has 1 saturated heterocycles. The van der Waals surface area contributed by atoms with Crippen LogP contribution in [0.4, 0.5) is 23.7 Å². The van der Waals surface area contributed by atoms with Gasteiger partial charge in [0.1, 0.15) is 11.2 Å². The Morgan fingerprint density at radius 1 is 1.10 bits per heavy atom. The molecular formula is C20H22F3N3O4. The van der Waals surface area contributed by atoms with Crippen LogP contribution in [0.5, 0.6) is 0 Å². The molecule has 10 heteroatoms. The average Bonchev–Trinajstić information content (AvgIpc) is 2.64. The number of carbonyl (C=O) groups is 2. The first-order valence-electron chi connectivity index (χ1n) is 9.33. The number of hydrogen-bond acceptors (Lipinski definition) is 5. The lowest BCUT2D eigenvalue weighted by Gasteiger charge is -2.37. The molecule has 0 unspecified atom stereocenters. The van der Waals surface area contributed by atoms with Gasteiger partial charge in [-0.05, 0) is 26.8 Å². The fraction of sp³-hybridized carbons (Fsp3) is 0.450. The molecule has 0 radical (unpaired) electrons. The maximum absolute atomic E-state index is 13.4. The standard InChI is InChI=1S/C20H22F3N3O4/c1-19(2,3)30-18(29)26-9-7-25(8-10-26)16-12-5-4-6-14(20(21,22)23)15(12)24-11-13(16)17(27)28/h4-6,11H,7-10H2,1-3H3,(H,27,28). The third-order valence-corrected chi connectivity index (χ3v) is 4.65. The molecular weight excluding hydrogens is 403 g/mol. The zero-order chi connectivity index (χ0) is 22.3. The van der Waals surface area contributed by atoms with E-state index in [9.17, 15) is 27.9 Å². The normalized spacial score (nSPS) is 15.4. The van der Waals surface area contributed by atoms with Crippen LogP contribution in [0.1, 0.15) is 36.7 Å². The van der Waals surface area contributed by atoms with E-state index in [1.807, 2.05) is 0 Å². The number of halogens is 3.